The molecule has 0 saturated heterocycles. The third-order valence-corrected chi connectivity index (χ3v) is 3.83. The second-order valence-corrected chi connectivity index (χ2v) is 5.66. The molecule has 0 aliphatic rings. The van der Waals surface area contributed by atoms with Crippen molar-refractivity contribution in [2.24, 2.45) is 0 Å². The molecule has 21 heavy (non-hydrogen) atoms. The molecule has 4 N–H and O–H groups in total. The van der Waals surface area contributed by atoms with Gasteiger partial charge in [0.15, 0.2) is 0 Å². The number of rotatable bonds is 7. The minimum absolute atomic E-state index is 0.303. The van der Waals surface area contributed by atoms with Crippen LogP contribution in [0, 0.1) is 0 Å². The van der Waals surface area contributed by atoms with Crippen LogP contribution in [0.15, 0.2) is 29.2 Å². The summed E-state index contributed by atoms with van der Waals surface area (Å²) in [5.41, 5.74) is -0.303. The second kappa shape index (κ2) is 6.33. The van der Waals surface area contributed by atoms with Crippen molar-refractivity contribution in [3.05, 3.63) is 29.8 Å². The Kier molecular flexibility index (Phi) is 5.00. The molecule has 1 rings (SSSR count). The molecule has 0 bridgehead atoms. The Labute approximate surface area is 118 Å². The lowest BCUT2D eigenvalue weighted by Gasteiger charge is -2.13. The van der Waals surface area contributed by atoms with Crippen LogP contribution in [0.1, 0.15) is 16.8 Å². The molecule has 0 aliphatic heterocycles. The lowest BCUT2D eigenvalue weighted by atomic mass is 10.2. The molecule has 0 saturated carbocycles. The maximum absolute atomic E-state index is 11.9. The minimum atomic E-state index is -4.36. The smallest absolute Gasteiger partial charge is 0.335 e. The largest absolute Gasteiger partial charge is 0.481 e. The van der Waals surface area contributed by atoms with Gasteiger partial charge in [-0.1, -0.05) is 6.07 Å². The standard InChI is InChI=1S/C11H11NO8S/c13-9(14)5-8(11(17)18)12-21(19,20)7-3-1-2-6(4-7)10(15)16/h1-4,8,12H,5H2,(H,13,14)(H,15,16)(H,17,18). The maximum atomic E-state index is 11.9. The molecule has 1 unspecified atom stereocenters. The van der Waals surface area contributed by atoms with E-state index in [0.717, 1.165) is 18.2 Å². The van der Waals surface area contributed by atoms with Gasteiger partial charge in [0.25, 0.3) is 0 Å². The van der Waals surface area contributed by atoms with Gasteiger partial charge >= 0.3 is 17.9 Å². The molecule has 0 radical (unpaired) electrons. The van der Waals surface area contributed by atoms with E-state index in [0.29, 0.717) is 0 Å². The fraction of sp³-hybridized carbons (Fsp3) is 0.182. The first-order valence-electron chi connectivity index (χ1n) is 5.44. The summed E-state index contributed by atoms with van der Waals surface area (Å²) in [6, 6.07) is 2.37. The molecule has 1 atom stereocenters. The number of carboxylic acid groups (broad SMARTS) is 3. The number of aliphatic carboxylic acids is 2. The van der Waals surface area contributed by atoms with Crippen LogP contribution in [-0.2, 0) is 19.6 Å². The highest BCUT2D eigenvalue weighted by molar-refractivity contribution is 7.89. The molecule has 0 fully saturated rings. The predicted molar refractivity (Wildman–Crippen MR) is 67.4 cm³/mol. The van der Waals surface area contributed by atoms with Gasteiger partial charge in [-0.25, -0.2) is 13.2 Å². The average Bonchev–Trinajstić information content (AvgIpc) is 2.37. The van der Waals surface area contributed by atoms with Gasteiger partial charge in [-0.15, -0.1) is 0 Å². The first-order chi connectivity index (χ1) is 9.63. The van der Waals surface area contributed by atoms with E-state index in [1.807, 2.05) is 0 Å². The molecular weight excluding hydrogens is 306 g/mol. The van der Waals surface area contributed by atoms with Crippen LogP contribution in [0.2, 0.25) is 0 Å². The topological polar surface area (TPSA) is 158 Å². The number of hydrogen-bond acceptors (Lipinski definition) is 5. The summed E-state index contributed by atoms with van der Waals surface area (Å²) in [5, 5.41) is 26.1. The van der Waals surface area contributed by atoms with E-state index in [2.05, 4.69) is 0 Å². The molecule has 0 amide bonds. The Morgan fingerprint density at radius 3 is 2.24 bits per heavy atom. The Balaban J connectivity index is 3.10. The summed E-state index contributed by atoms with van der Waals surface area (Å²) in [6.07, 6.45) is -0.951. The zero-order valence-electron chi connectivity index (χ0n) is 10.4. The van der Waals surface area contributed by atoms with E-state index in [9.17, 15) is 22.8 Å². The molecule has 10 heteroatoms. The molecule has 0 aromatic heterocycles. The second-order valence-electron chi connectivity index (χ2n) is 3.94. The molecule has 0 heterocycles. The molecule has 9 nitrogen and oxygen atoms in total. The van der Waals surface area contributed by atoms with Crippen LogP contribution in [0.25, 0.3) is 0 Å². The van der Waals surface area contributed by atoms with E-state index < -0.39 is 45.3 Å². The van der Waals surface area contributed by atoms with Gasteiger partial charge in [-0.05, 0) is 18.2 Å². The number of sulfonamides is 1. The lowest BCUT2D eigenvalue weighted by molar-refractivity contribution is -0.145. The third-order valence-electron chi connectivity index (χ3n) is 2.37. The summed E-state index contributed by atoms with van der Waals surface area (Å²) >= 11 is 0. The van der Waals surface area contributed by atoms with E-state index in [1.54, 1.807) is 4.72 Å². The Hall–Kier alpha value is -2.46. The first kappa shape index (κ1) is 16.6. The Morgan fingerprint density at radius 2 is 1.76 bits per heavy atom. The fourth-order valence-corrected chi connectivity index (χ4v) is 2.64. The van der Waals surface area contributed by atoms with Crippen molar-refractivity contribution in [1.82, 2.24) is 4.72 Å². The molecule has 1 aromatic carbocycles. The Morgan fingerprint density at radius 1 is 1.14 bits per heavy atom. The lowest BCUT2D eigenvalue weighted by Crippen LogP contribution is -2.42. The number of nitrogens with one attached hydrogen (secondary N) is 1. The molecule has 114 valence electrons. The molecule has 0 spiro atoms. The van der Waals surface area contributed by atoms with Gasteiger partial charge in [-0.2, -0.15) is 4.72 Å². The number of carboxylic acids is 3. The number of benzene rings is 1. The van der Waals surface area contributed by atoms with Gasteiger partial charge < -0.3 is 15.3 Å². The van der Waals surface area contributed by atoms with Crippen LogP contribution in [0.4, 0.5) is 0 Å². The van der Waals surface area contributed by atoms with Crippen molar-refractivity contribution >= 4 is 27.9 Å². The summed E-state index contributed by atoms with van der Waals surface area (Å²) in [6.45, 7) is 0. The summed E-state index contributed by atoms with van der Waals surface area (Å²) < 4.78 is 25.6. The number of carbonyl (C=O) groups is 3. The van der Waals surface area contributed by atoms with E-state index in [4.69, 9.17) is 15.3 Å². The van der Waals surface area contributed by atoms with Gasteiger partial charge in [0, 0.05) is 0 Å². The van der Waals surface area contributed by atoms with Crippen molar-refractivity contribution in [1.29, 1.82) is 0 Å². The van der Waals surface area contributed by atoms with Gasteiger partial charge in [0.05, 0.1) is 16.9 Å². The summed E-state index contributed by atoms with van der Waals surface area (Å²) in [7, 11) is -4.36. The van der Waals surface area contributed by atoms with Crippen LogP contribution < -0.4 is 4.72 Å². The quantitative estimate of drug-likeness (QED) is 0.528. The highest BCUT2D eigenvalue weighted by atomic mass is 32.2. The van der Waals surface area contributed by atoms with Crippen LogP contribution in [0.3, 0.4) is 0 Å². The van der Waals surface area contributed by atoms with Crippen molar-refractivity contribution in [2.45, 2.75) is 17.4 Å². The van der Waals surface area contributed by atoms with E-state index >= 15 is 0 Å². The molecular formula is C11H11NO8S. The highest BCUT2D eigenvalue weighted by Gasteiger charge is 2.27. The van der Waals surface area contributed by atoms with E-state index in [1.165, 1.54) is 6.07 Å². The summed E-state index contributed by atoms with van der Waals surface area (Å²) in [5.74, 6) is -4.51. The summed E-state index contributed by atoms with van der Waals surface area (Å²) in [4.78, 5) is 31.6. The number of hydrogen-bond donors (Lipinski definition) is 4. The van der Waals surface area contributed by atoms with Gasteiger partial charge in [0.1, 0.15) is 6.04 Å². The van der Waals surface area contributed by atoms with Crippen LogP contribution >= 0.6 is 0 Å². The zero-order chi connectivity index (χ0) is 16.2. The first-order valence-corrected chi connectivity index (χ1v) is 6.92. The average molecular weight is 317 g/mol. The predicted octanol–water partition coefficient (Wildman–Crippen LogP) is -0.409. The fourth-order valence-electron chi connectivity index (χ4n) is 1.41. The number of aromatic carboxylic acids is 1. The maximum Gasteiger partial charge on any atom is 0.335 e. The van der Waals surface area contributed by atoms with Crippen molar-refractivity contribution in [3.63, 3.8) is 0 Å². The van der Waals surface area contributed by atoms with Crippen molar-refractivity contribution < 1.29 is 38.1 Å². The van der Waals surface area contributed by atoms with E-state index in [-0.39, 0.29) is 5.56 Å². The SMILES string of the molecule is O=C(O)CC(NS(=O)(=O)c1cccc(C(=O)O)c1)C(=O)O. The van der Waals surface area contributed by atoms with Crippen LogP contribution in [0.5, 0.6) is 0 Å². The zero-order valence-corrected chi connectivity index (χ0v) is 11.2. The minimum Gasteiger partial charge on any atom is -0.481 e. The van der Waals surface area contributed by atoms with Crippen LogP contribution in [-0.4, -0.2) is 47.7 Å². The Bertz CT molecular complexity index is 681. The molecule has 0 aliphatic carbocycles. The van der Waals surface area contributed by atoms with Crippen molar-refractivity contribution in [3.8, 4) is 0 Å². The van der Waals surface area contributed by atoms with Gasteiger partial charge in [-0.3, -0.25) is 9.59 Å². The van der Waals surface area contributed by atoms with Crippen molar-refractivity contribution in [2.75, 3.05) is 0 Å². The normalized spacial score (nSPS) is 12.6. The monoisotopic (exact) mass is 317 g/mol. The highest BCUT2D eigenvalue weighted by Crippen LogP contribution is 2.13. The molecule has 1 aromatic rings. The van der Waals surface area contributed by atoms with Gasteiger partial charge in [0.2, 0.25) is 10.0 Å². The third kappa shape index (κ3) is 4.54.